The minimum Gasteiger partial charge on any atom is -0.309 e. The minimum absolute atomic E-state index is 0.992. The Morgan fingerprint density at radius 1 is 0.296 bits per heavy atom. The van der Waals surface area contributed by atoms with Crippen LogP contribution in [0, 0.1) is 0 Å². The molecule has 0 aliphatic carbocycles. The quantitative estimate of drug-likeness (QED) is 0.177. The molecule has 0 radical (unpaired) electrons. The second-order valence-electron chi connectivity index (χ2n) is 14.0. The smallest absolute Gasteiger partial charge is 0.0723 e. The average Bonchev–Trinajstić information content (AvgIpc) is 3.77. The zero-order valence-corrected chi connectivity index (χ0v) is 29.4. The van der Waals surface area contributed by atoms with Crippen LogP contribution in [0.25, 0.3) is 99.3 Å². The molecule has 3 heteroatoms. The number of aromatic nitrogens is 3. The predicted molar refractivity (Wildman–Crippen MR) is 227 cm³/mol. The van der Waals surface area contributed by atoms with Gasteiger partial charge in [-0.25, -0.2) is 0 Å². The van der Waals surface area contributed by atoms with Crippen LogP contribution in [0.4, 0.5) is 0 Å². The summed E-state index contributed by atoms with van der Waals surface area (Å²) in [5.74, 6) is 0. The van der Waals surface area contributed by atoms with Gasteiger partial charge in [0.25, 0.3) is 0 Å². The van der Waals surface area contributed by atoms with Crippen LogP contribution < -0.4 is 0 Å². The van der Waals surface area contributed by atoms with E-state index in [-0.39, 0.29) is 0 Å². The van der Waals surface area contributed by atoms with Crippen molar-refractivity contribution in [1.29, 1.82) is 0 Å². The van der Waals surface area contributed by atoms with Gasteiger partial charge in [-0.3, -0.25) is 4.98 Å². The van der Waals surface area contributed by atoms with Crippen LogP contribution in [0.3, 0.4) is 0 Å². The van der Waals surface area contributed by atoms with Gasteiger partial charge in [-0.05, 0) is 94.0 Å². The number of hydrogen-bond donors (Lipinski definition) is 0. The minimum atomic E-state index is 0.992. The molecule has 0 bridgehead atoms. The molecule has 0 aliphatic rings. The van der Waals surface area contributed by atoms with Gasteiger partial charge < -0.3 is 9.13 Å². The summed E-state index contributed by atoms with van der Waals surface area (Å²) in [4.78, 5) is 4.94. The average molecular weight is 688 g/mol. The molecule has 54 heavy (non-hydrogen) atoms. The van der Waals surface area contributed by atoms with Crippen molar-refractivity contribution in [2.24, 2.45) is 0 Å². The third kappa shape index (κ3) is 4.79. The molecule has 3 heterocycles. The van der Waals surface area contributed by atoms with E-state index in [1.54, 1.807) is 0 Å². The van der Waals surface area contributed by atoms with Crippen molar-refractivity contribution >= 4 is 54.5 Å². The Bertz CT molecular complexity index is 3170. The molecule has 3 nitrogen and oxygen atoms in total. The normalized spacial score (nSPS) is 11.7. The maximum Gasteiger partial charge on any atom is 0.0723 e. The summed E-state index contributed by atoms with van der Waals surface area (Å²) < 4.78 is 4.80. The Labute approximate surface area is 312 Å². The number of pyridine rings is 1. The zero-order valence-electron chi connectivity index (χ0n) is 29.4. The lowest BCUT2D eigenvalue weighted by atomic mass is 10.0. The summed E-state index contributed by atoms with van der Waals surface area (Å²) >= 11 is 0. The number of hydrogen-bond acceptors (Lipinski definition) is 1. The molecule has 0 N–H and O–H groups in total. The number of nitrogens with zero attached hydrogens (tertiary/aromatic N) is 3. The molecule has 0 atom stereocenters. The van der Waals surface area contributed by atoms with E-state index in [4.69, 9.17) is 4.98 Å². The Morgan fingerprint density at radius 2 is 0.741 bits per heavy atom. The summed E-state index contributed by atoms with van der Waals surface area (Å²) in [6.07, 6.45) is 2.05. The standard InChI is InChI=1S/C51H33N3/c1-3-11-34(12-4-1)36-19-25-40(26-20-36)53-48-18-10-8-15-42(48)44-31-38(23-29-49(44)53)39-24-30-50-45(32-39)46-33-52-47-17-9-7-16-43(47)51(46)54(50)41-27-21-37(22-28-41)35-13-5-2-6-14-35/h1-33H. The van der Waals surface area contributed by atoms with Crippen molar-refractivity contribution in [2.75, 3.05) is 0 Å². The number of para-hydroxylation sites is 2. The van der Waals surface area contributed by atoms with E-state index in [1.165, 1.54) is 66.1 Å². The maximum atomic E-state index is 4.94. The highest BCUT2D eigenvalue weighted by Gasteiger charge is 2.18. The molecule has 0 amide bonds. The van der Waals surface area contributed by atoms with E-state index in [2.05, 4.69) is 209 Å². The highest BCUT2D eigenvalue weighted by molar-refractivity contribution is 6.18. The number of fused-ring (bicyclic) bond motifs is 8. The van der Waals surface area contributed by atoms with Gasteiger partial charge in [-0.15, -0.1) is 0 Å². The molecule has 0 saturated heterocycles. The second kappa shape index (κ2) is 12.2. The van der Waals surface area contributed by atoms with Crippen molar-refractivity contribution < 1.29 is 0 Å². The van der Waals surface area contributed by atoms with Gasteiger partial charge in [-0.1, -0.05) is 133 Å². The second-order valence-corrected chi connectivity index (χ2v) is 14.0. The zero-order chi connectivity index (χ0) is 35.6. The fourth-order valence-electron chi connectivity index (χ4n) is 8.38. The largest absolute Gasteiger partial charge is 0.309 e. The van der Waals surface area contributed by atoms with Crippen LogP contribution >= 0.6 is 0 Å². The molecule has 0 unspecified atom stereocenters. The van der Waals surface area contributed by atoms with Gasteiger partial charge >= 0.3 is 0 Å². The summed E-state index contributed by atoms with van der Waals surface area (Å²) in [5.41, 5.74) is 15.2. The monoisotopic (exact) mass is 687 g/mol. The fraction of sp³-hybridized carbons (Fsp3) is 0. The third-order valence-electron chi connectivity index (χ3n) is 11.0. The first-order valence-electron chi connectivity index (χ1n) is 18.5. The summed E-state index contributed by atoms with van der Waals surface area (Å²) in [5, 5.41) is 5.96. The Morgan fingerprint density at radius 3 is 1.37 bits per heavy atom. The lowest BCUT2D eigenvalue weighted by molar-refractivity contribution is 1.18. The summed E-state index contributed by atoms with van der Waals surface area (Å²) in [7, 11) is 0. The van der Waals surface area contributed by atoms with E-state index in [9.17, 15) is 0 Å². The first-order chi connectivity index (χ1) is 26.8. The van der Waals surface area contributed by atoms with Gasteiger partial charge in [0.05, 0.1) is 27.6 Å². The van der Waals surface area contributed by atoms with E-state index in [0.717, 1.165) is 33.2 Å². The van der Waals surface area contributed by atoms with Crippen molar-refractivity contribution in [1.82, 2.24) is 14.1 Å². The van der Waals surface area contributed by atoms with Crippen LogP contribution in [-0.2, 0) is 0 Å². The van der Waals surface area contributed by atoms with Crippen molar-refractivity contribution in [3.05, 3.63) is 200 Å². The Hall–Kier alpha value is -7.23. The molecule has 0 aliphatic heterocycles. The molecule has 8 aromatic carbocycles. The highest BCUT2D eigenvalue weighted by atomic mass is 15.0. The predicted octanol–water partition coefficient (Wildman–Crippen LogP) is 13.4. The SMILES string of the molecule is c1ccc(-c2ccc(-n3c4ccccc4c4cc(-c5ccc6c(c5)c5cnc7ccccc7c5n6-c5ccc(-c6ccccc6)cc5)ccc43)cc2)cc1. The first-order valence-corrected chi connectivity index (χ1v) is 18.5. The maximum absolute atomic E-state index is 4.94. The van der Waals surface area contributed by atoms with Crippen LogP contribution in [0.2, 0.25) is 0 Å². The van der Waals surface area contributed by atoms with Gasteiger partial charge in [0.2, 0.25) is 0 Å². The third-order valence-corrected chi connectivity index (χ3v) is 11.0. The van der Waals surface area contributed by atoms with Crippen LogP contribution in [0.1, 0.15) is 0 Å². The molecular weight excluding hydrogens is 655 g/mol. The van der Waals surface area contributed by atoms with Crippen molar-refractivity contribution in [2.45, 2.75) is 0 Å². The lowest BCUT2D eigenvalue weighted by Gasteiger charge is -2.11. The molecule has 3 aromatic heterocycles. The topological polar surface area (TPSA) is 22.8 Å². The first kappa shape index (κ1) is 30.4. The molecule has 0 spiro atoms. The number of rotatable bonds is 5. The van der Waals surface area contributed by atoms with Gasteiger partial charge in [-0.2, -0.15) is 0 Å². The molecule has 0 fully saturated rings. The summed E-state index contributed by atoms with van der Waals surface area (Å²) in [6, 6.07) is 70.0. The van der Waals surface area contributed by atoms with Gasteiger partial charge in [0, 0.05) is 44.5 Å². The van der Waals surface area contributed by atoms with Crippen LogP contribution in [0.15, 0.2) is 200 Å². The van der Waals surface area contributed by atoms with E-state index < -0.39 is 0 Å². The van der Waals surface area contributed by atoms with Gasteiger partial charge in [0.1, 0.15) is 0 Å². The van der Waals surface area contributed by atoms with Crippen molar-refractivity contribution in [3.8, 4) is 44.8 Å². The van der Waals surface area contributed by atoms with E-state index in [0.29, 0.717) is 0 Å². The molecular formula is C51H33N3. The van der Waals surface area contributed by atoms with Crippen LogP contribution in [-0.4, -0.2) is 14.1 Å². The van der Waals surface area contributed by atoms with Gasteiger partial charge in [0.15, 0.2) is 0 Å². The number of benzene rings is 8. The van der Waals surface area contributed by atoms with Crippen molar-refractivity contribution in [3.63, 3.8) is 0 Å². The Balaban J connectivity index is 1.07. The Kier molecular flexibility index (Phi) is 6.86. The molecule has 252 valence electrons. The molecule has 11 rings (SSSR count). The van der Waals surface area contributed by atoms with Crippen LogP contribution in [0.5, 0.6) is 0 Å². The molecule has 11 aromatic rings. The molecule has 0 saturated carbocycles. The van der Waals surface area contributed by atoms with E-state index in [1.807, 2.05) is 0 Å². The summed E-state index contributed by atoms with van der Waals surface area (Å²) in [6.45, 7) is 0. The fourth-order valence-corrected chi connectivity index (χ4v) is 8.38. The highest BCUT2D eigenvalue weighted by Crippen LogP contribution is 2.40. The van der Waals surface area contributed by atoms with E-state index >= 15 is 0 Å². The lowest BCUT2D eigenvalue weighted by Crippen LogP contribution is -1.95.